The molecule has 1 aromatic rings. The molecule has 19 heavy (non-hydrogen) atoms. The predicted molar refractivity (Wildman–Crippen MR) is 75.7 cm³/mol. The molecule has 5 heteroatoms. The lowest BCUT2D eigenvalue weighted by atomic mass is 9.71. The summed E-state index contributed by atoms with van der Waals surface area (Å²) in [7, 11) is 1.84. The van der Waals surface area contributed by atoms with E-state index in [2.05, 4.69) is 34.6 Å². The predicted octanol–water partition coefficient (Wildman–Crippen LogP) is 1.80. The van der Waals surface area contributed by atoms with Crippen molar-refractivity contribution < 1.29 is 0 Å². The van der Waals surface area contributed by atoms with Crippen LogP contribution in [-0.4, -0.2) is 33.3 Å². The van der Waals surface area contributed by atoms with Crippen LogP contribution in [0.1, 0.15) is 45.4 Å². The summed E-state index contributed by atoms with van der Waals surface area (Å²) in [5.74, 6) is 3.28. The quantitative estimate of drug-likeness (QED) is 0.852. The van der Waals surface area contributed by atoms with Gasteiger partial charge in [-0.15, -0.1) is 10.2 Å². The Morgan fingerprint density at radius 3 is 2.74 bits per heavy atom. The van der Waals surface area contributed by atoms with Gasteiger partial charge < -0.3 is 5.32 Å². The molecule has 1 aliphatic rings. The fourth-order valence-electron chi connectivity index (χ4n) is 3.28. The van der Waals surface area contributed by atoms with E-state index in [-0.39, 0.29) is 0 Å². The minimum atomic E-state index is 0.710. The van der Waals surface area contributed by atoms with Crippen molar-refractivity contribution in [3.05, 3.63) is 5.82 Å². The number of nitrogens with one attached hydrogen (secondary N) is 1. The fraction of sp³-hybridized carbons (Fsp3) is 0.929. The van der Waals surface area contributed by atoms with Gasteiger partial charge >= 0.3 is 0 Å². The molecule has 0 aliphatic heterocycles. The molecule has 108 valence electrons. The first kappa shape index (κ1) is 14.4. The Labute approximate surface area is 116 Å². The summed E-state index contributed by atoms with van der Waals surface area (Å²) in [6, 6.07) is 0. The van der Waals surface area contributed by atoms with E-state index in [0.29, 0.717) is 5.92 Å². The number of rotatable bonds is 6. The average Bonchev–Trinajstić information content (AvgIpc) is 2.82. The zero-order valence-electron chi connectivity index (χ0n) is 12.5. The van der Waals surface area contributed by atoms with E-state index >= 15 is 0 Å². The topological polar surface area (TPSA) is 55.6 Å². The van der Waals surface area contributed by atoms with Crippen LogP contribution in [0.4, 0.5) is 0 Å². The minimum absolute atomic E-state index is 0.710. The average molecular weight is 265 g/mol. The van der Waals surface area contributed by atoms with Gasteiger partial charge in [0.1, 0.15) is 0 Å². The Bertz CT molecular complexity index is 376. The largest absolute Gasteiger partial charge is 0.317 e. The van der Waals surface area contributed by atoms with Crippen molar-refractivity contribution in [2.24, 2.45) is 24.8 Å². The second kappa shape index (κ2) is 6.98. The molecular formula is C14H27N5. The second-order valence-corrected chi connectivity index (χ2v) is 5.81. The monoisotopic (exact) mass is 265 g/mol. The maximum Gasteiger partial charge on any atom is 0.175 e. The molecule has 3 unspecified atom stereocenters. The van der Waals surface area contributed by atoms with Crippen LogP contribution in [0.3, 0.4) is 0 Å². The number of hydrogen-bond acceptors (Lipinski definition) is 4. The Balaban J connectivity index is 1.97. The summed E-state index contributed by atoms with van der Waals surface area (Å²) < 4.78 is 0. The molecule has 0 spiro atoms. The lowest BCUT2D eigenvalue weighted by molar-refractivity contribution is 0.170. The van der Waals surface area contributed by atoms with Gasteiger partial charge in [0.05, 0.1) is 7.05 Å². The highest BCUT2D eigenvalue weighted by atomic mass is 15.6. The van der Waals surface area contributed by atoms with Gasteiger partial charge in [-0.2, -0.15) is 4.80 Å². The third-order valence-electron chi connectivity index (χ3n) is 4.48. The van der Waals surface area contributed by atoms with Crippen molar-refractivity contribution in [1.29, 1.82) is 0 Å². The Kier molecular flexibility index (Phi) is 5.31. The van der Waals surface area contributed by atoms with Crippen molar-refractivity contribution in [3.8, 4) is 0 Å². The maximum atomic E-state index is 4.34. The highest BCUT2D eigenvalue weighted by Gasteiger charge is 2.30. The molecule has 0 saturated heterocycles. The lowest BCUT2D eigenvalue weighted by Crippen LogP contribution is -2.34. The zero-order chi connectivity index (χ0) is 13.7. The molecule has 0 radical (unpaired) electrons. The van der Waals surface area contributed by atoms with Crippen LogP contribution in [0.15, 0.2) is 0 Å². The van der Waals surface area contributed by atoms with E-state index in [0.717, 1.165) is 37.2 Å². The van der Waals surface area contributed by atoms with Crippen molar-refractivity contribution in [2.75, 3.05) is 13.1 Å². The lowest BCUT2D eigenvalue weighted by Gasteiger charge is -2.35. The Morgan fingerprint density at radius 2 is 2.11 bits per heavy atom. The Hall–Kier alpha value is -0.970. The molecule has 3 atom stereocenters. The molecule has 0 bridgehead atoms. The SMILES string of the molecule is CCNCC1CCC(CC)CC1Cc1nnn(C)n1. The van der Waals surface area contributed by atoms with Crippen LogP contribution >= 0.6 is 0 Å². The fourth-order valence-corrected chi connectivity index (χ4v) is 3.28. The summed E-state index contributed by atoms with van der Waals surface area (Å²) in [6.07, 6.45) is 6.34. The summed E-state index contributed by atoms with van der Waals surface area (Å²) in [6.45, 7) is 6.69. The molecule has 1 fully saturated rings. The van der Waals surface area contributed by atoms with E-state index in [1.807, 2.05) is 7.05 Å². The van der Waals surface area contributed by atoms with E-state index < -0.39 is 0 Å². The van der Waals surface area contributed by atoms with Gasteiger partial charge in [0.25, 0.3) is 0 Å². The van der Waals surface area contributed by atoms with Crippen molar-refractivity contribution in [1.82, 2.24) is 25.5 Å². The smallest absolute Gasteiger partial charge is 0.175 e. The minimum Gasteiger partial charge on any atom is -0.317 e. The molecule has 0 amide bonds. The van der Waals surface area contributed by atoms with Gasteiger partial charge in [0, 0.05) is 6.42 Å². The second-order valence-electron chi connectivity index (χ2n) is 5.81. The molecule has 1 aliphatic carbocycles. The number of hydrogen-bond donors (Lipinski definition) is 1. The summed E-state index contributed by atoms with van der Waals surface area (Å²) in [4.78, 5) is 1.56. The first-order valence-corrected chi connectivity index (χ1v) is 7.66. The highest BCUT2D eigenvalue weighted by Crippen LogP contribution is 2.36. The van der Waals surface area contributed by atoms with Crippen LogP contribution in [0.2, 0.25) is 0 Å². The zero-order valence-corrected chi connectivity index (χ0v) is 12.5. The summed E-state index contributed by atoms with van der Waals surface area (Å²) in [5.41, 5.74) is 0. The van der Waals surface area contributed by atoms with Gasteiger partial charge in [-0.05, 0) is 48.9 Å². The van der Waals surface area contributed by atoms with E-state index in [1.54, 1.807) is 4.80 Å². The van der Waals surface area contributed by atoms with E-state index in [1.165, 1.54) is 25.7 Å². The van der Waals surface area contributed by atoms with Gasteiger partial charge in [-0.25, -0.2) is 0 Å². The van der Waals surface area contributed by atoms with Crippen molar-refractivity contribution in [3.63, 3.8) is 0 Å². The number of tetrazole rings is 1. The van der Waals surface area contributed by atoms with Crippen LogP contribution in [0.25, 0.3) is 0 Å². The van der Waals surface area contributed by atoms with Gasteiger partial charge in [-0.3, -0.25) is 0 Å². The normalized spacial score (nSPS) is 27.6. The summed E-state index contributed by atoms with van der Waals surface area (Å²) >= 11 is 0. The third kappa shape index (κ3) is 4.00. The van der Waals surface area contributed by atoms with E-state index in [4.69, 9.17) is 0 Å². The first-order chi connectivity index (χ1) is 9.22. The standard InChI is InChI=1S/C14H27N5/c1-4-11-6-7-12(10-15-5-2)13(8-11)9-14-16-18-19(3)17-14/h11-13,15H,4-10H2,1-3H3. The Morgan fingerprint density at radius 1 is 1.26 bits per heavy atom. The highest BCUT2D eigenvalue weighted by molar-refractivity contribution is 4.88. The molecule has 1 N–H and O–H groups in total. The first-order valence-electron chi connectivity index (χ1n) is 7.66. The number of aryl methyl sites for hydroxylation is 1. The maximum absolute atomic E-state index is 4.34. The van der Waals surface area contributed by atoms with Crippen LogP contribution in [-0.2, 0) is 13.5 Å². The third-order valence-corrected chi connectivity index (χ3v) is 4.48. The van der Waals surface area contributed by atoms with Crippen LogP contribution < -0.4 is 5.32 Å². The van der Waals surface area contributed by atoms with E-state index in [9.17, 15) is 0 Å². The van der Waals surface area contributed by atoms with Crippen LogP contribution in [0, 0.1) is 17.8 Å². The van der Waals surface area contributed by atoms with Gasteiger partial charge in [0.2, 0.25) is 0 Å². The van der Waals surface area contributed by atoms with Crippen molar-refractivity contribution in [2.45, 2.75) is 46.0 Å². The summed E-state index contributed by atoms with van der Waals surface area (Å²) in [5, 5.41) is 16.0. The van der Waals surface area contributed by atoms with Gasteiger partial charge in [0.15, 0.2) is 5.82 Å². The molecule has 1 aromatic heterocycles. The van der Waals surface area contributed by atoms with Crippen molar-refractivity contribution >= 4 is 0 Å². The molecule has 0 aromatic carbocycles. The van der Waals surface area contributed by atoms with Crippen LogP contribution in [0.5, 0.6) is 0 Å². The molecular weight excluding hydrogens is 238 g/mol. The molecule has 2 rings (SSSR count). The molecule has 5 nitrogen and oxygen atoms in total. The number of aromatic nitrogens is 4. The van der Waals surface area contributed by atoms with Gasteiger partial charge in [-0.1, -0.05) is 26.7 Å². The number of nitrogens with zero attached hydrogens (tertiary/aromatic N) is 4. The molecule has 1 heterocycles. The molecule has 1 saturated carbocycles.